The standard InChI is InChI=1S/C19H25FN3O3/c1-13(19(21)26)8-9-18(25)22-16-7-4-10-23(12-17(16)24)11-14-5-2-3-6-15(14)20/h2-3,5-6,9,13,16H,4,7-8,10-12H2,1H3,(H2,21,26)(H,22,25)/t13?,16-/m0/s1. The highest BCUT2D eigenvalue weighted by molar-refractivity contribution is 5.93. The summed E-state index contributed by atoms with van der Waals surface area (Å²) >= 11 is 0. The molecule has 1 unspecified atom stereocenters. The van der Waals surface area contributed by atoms with Crippen molar-refractivity contribution < 1.29 is 18.8 Å². The lowest BCUT2D eigenvalue weighted by Gasteiger charge is -2.20. The van der Waals surface area contributed by atoms with Gasteiger partial charge < -0.3 is 11.1 Å². The van der Waals surface area contributed by atoms with Gasteiger partial charge in [-0.2, -0.15) is 0 Å². The highest BCUT2D eigenvalue weighted by Crippen LogP contribution is 2.15. The number of halogens is 1. The topological polar surface area (TPSA) is 92.5 Å². The van der Waals surface area contributed by atoms with Gasteiger partial charge in [0.1, 0.15) is 5.82 Å². The van der Waals surface area contributed by atoms with Crippen LogP contribution in [0.2, 0.25) is 0 Å². The van der Waals surface area contributed by atoms with Crippen LogP contribution >= 0.6 is 0 Å². The SMILES string of the molecule is CC(C[CH]C(=O)N[C@H]1CCCN(Cc2ccccc2F)CC1=O)C(N)=O. The number of amides is 2. The van der Waals surface area contributed by atoms with Crippen LogP contribution in [0, 0.1) is 18.2 Å². The third kappa shape index (κ3) is 5.91. The first-order chi connectivity index (χ1) is 12.4. The summed E-state index contributed by atoms with van der Waals surface area (Å²) < 4.78 is 13.8. The van der Waals surface area contributed by atoms with Gasteiger partial charge in [0.05, 0.1) is 19.0 Å². The molecule has 1 fully saturated rings. The number of hydrogen-bond acceptors (Lipinski definition) is 4. The Morgan fingerprint density at radius 2 is 2.15 bits per heavy atom. The van der Waals surface area contributed by atoms with Crippen molar-refractivity contribution in [2.45, 2.75) is 38.8 Å². The van der Waals surface area contributed by atoms with E-state index in [1.54, 1.807) is 25.1 Å². The Bertz CT molecular complexity index is 665. The van der Waals surface area contributed by atoms with Gasteiger partial charge in [0.25, 0.3) is 0 Å². The molecule has 1 radical (unpaired) electrons. The van der Waals surface area contributed by atoms with E-state index in [2.05, 4.69) is 5.32 Å². The summed E-state index contributed by atoms with van der Waals surface area (Å²) in [4.78, 5) is 37.3. The van der Waals surface area contributed by atoms with Crippen molar-refractivity contribution in [3.63, 3.8) is 0 Å². The summed E-state index contributed by atoms with van der Waals surface area (Å²) in [5.41, 5.74) is 5.71. The maximum Gasteiger partial charge on any atom is 0.224 e. The van der Waals surface area contributed by atoms with E-state index in [4.69, 9.17) is 5.73 Å². The Morgan fingerprint density at radius 3 is 2.85 bits per heavy atom. The van der Waals surface area contributed by atoms with Gasteiger partial charge in [0.2, 0.25) is 11.8 Å². The van der Waals surface area contributed by atoms with Gasteiger partial charge in [-0.05, 0) is 31.9 Å². The molecule has 141 valence electrons. The van der Waals surface area contributed by atoms with Crippen molar-refractivity contribution in [2.24, 2.45) is 11.7 Å². The van der Waals surface area contributed by atoms with Gasteiger partial charge in [0.15, 0.2) is 5.78 Å². The second-order valence-electron chi connectivity index (χ2n) is 6.72. The molecule has 3 N–H and O–H groups in total. The normalized spacial score (nSPS) is 19.6. The number of carbonyl (C=O) groups excluding carboxylic acids is 3. The van der Waals surface area contributed by atoms with Crippen LogP contribution in [0.25, 0.3) is 0 Å². The average Bonchev–Trinajstić information content (AvgIpc) is 2.76. The van der Waals surface area contributed by atoms with Crippen molar-refractivity contribution in [1.29, 1.82) is 0 Å². The maximum absolute atomic E-state index is 13.8. The third-order valence-corrected chi connectivity index (χ3v) is 4.55. The summed E-state index contributed by atoms with van der Waals surface area (Å²) in [6.07, 6.45) is 2.85. The van der Waals surface area contributed by atoms with Crippen LogP contribution in [0.5, 0.6) is 0 Å². The number of nitrogens with one attached hydrogen (secondary N) is 1. The Labute approximate surface area is 152 Å². The Kier molecular flexibility index (Phi) is 7.26. The number of hydrogen-bond donors (Lipinski definition) is 2. The second-order valence-corrected chi connectivity index (χ2v) is 6.72. The molecular weight excluding hydrogens is 337 g/mol. The van der Waals surface area contributed by atoms with Crippen LogP contribution in [0.3, 0.4) is 0 Å². The third-order valence-electron chi connectivity index (χ3n) is 4.55. The van der Waals surface area contributed by atoms with E-state index in [0.717, 1.165) is 6.42 Å². The molecule has 1 heterocycles. The first-order valence-corrected chi connectivity index (χ1v) is 8.78. The number of primary amides is 1. The summed E-state index contributed by atoms with van der Waals surface area (Å²) in [5.74, 6) is -1.65. The molecule has 0 aromatic heterocycles. The minimum Gasteiger partial charge on any atom is -0.369 e. The zero-order valence-corrected chi connectivity index (χ0v) is 14.9. The van der Waals surface area contributed by atoms with Crippen molar-refractivity contribution >= 4 is 17.6 Å². The molecule has 1 aromatic carbocycles. The molecule has 26 heavy (non-hydrogen) atoms. The first-order valence-electron chi connectivity index (χ1n) is 8.78. The molecular formula is C19H25FN3O3. The fraction of sp³-hybridized carbons (Fsp3) is 0.474. The number of nitrogens with zero attached hydrogens (tertiary/aromatic N) is 1. The maximum atomic E-state index is 13.8. The molecule has 1 aromatic rings. The zero-order chi connectivity index (χ0) is 19.1. The Balaban J connectivity index is 1.86. The monoisotopic (exact) mass is 362 g/mol. The van der Waals surface area contributed by atoms with Crippen LogP contribution in [-0.2, 0) is 20.9 Å². The molecule has 0 spiro atoms. The van der Waals surface area contributed by atoms with E-state index < -0.39 is 17.9 Å². The average molecular weight is 362 g/mol. The predicted octanol–water partition coefficient (Wildman–Crippen LogP) is 1.19. The van der Waals surface area contributed by atoms with E-state index in [1.807, 2.05) is 4.90 Å². The van der Waals surface area contributed by atoms with E-state index in [-0.39, 0.29) is 30.5 Å². The van der Waals surface area contributed by atoms with E-state index >= 15 is 0 Å². The lowest BCUT2D eigenvalue weighted by atomic mass is 10.0. The fourth-order valence-electron chi connectivity index (χ4n) is 2.88. The number of likely N-dealkylation sites (tertiary alicyclic amines) is 1. The molecule has 0 bridgehead atoms. The molecule has 2 atom stereocenters. The summed E-state index contributed by atoms with van der Waals surface area (Å²) in [6, 6.07) is 5.95. The number of ketones is 1. The van der Waals surface area contributed by atoms with Gasteiger partial charge >= 0.3 is 0 Å². The number of Topliss-reactive ketones (excluding diaryl/α,β-unsaturated/α-hetero) is 1. The number of carbonyl (C=O) groups is 3. The first kappa shape index (κ1) is 20.0. The van der Waals surface area contributed by atoms with Crippen LogP contribution in [-0.4, -0.2) is 41.6 Å². The Hall–Kier alpha value is -2.28. The highest BCUT2D eigenvalue weighted by Gasteiger charge is 2.26. The van der Waals surface area contributed by atoms with Crippen LogP contribution in [0.15, 0.2) is 24.3 Å². The van der Waals surface area contributed by atoms with Crippen LogP contribution in [0.1, 0.15) is 31.7 Å². The summed E-state index contributed by atoms with van der Waals surface area (Å²) in [5, 5.41) is 2.70. The number of rotatable bonds is 7. The van der Waals surface area contributed by atoms with Gasteiger partial charge in [-0.15, -0.1) is 0 Å². The van der Waals surface area contributed by atoms with Crippen LogP contribution < -0.4 is 11.1 Å². The van der Waals surface area contributed by atoms with E-state index in [0.29, 0.717) is 25.1 Å². The molecule has 1 aliphatic heterocycles. The predicted molar refractivity (Wildman–Crippen MR) is 95.1 cm³/mol. The van der Waals surface area contributed by atoms with Gasteiger partial charge in [-0.3, -0.25) is 19.3 Å². The van der Waals surface area contributed by atoms with Crippen molar-refractivity contribution in [3.8, 4) is 0 Å². The smallest absolute Gasteiger partial charge is 0.224 e. The Morgan fingerprint density at radius 1 is 1.42 bits per heavy atom. The highest BCUT2D eigenvalue weighted by atomic mass is 19.1. The minimum atomic E-state index is -0.562. The summed E-state index contributed by atoms with van der Waals surface area (Å²) in [6.45, 7) is 2.83. The fourth-order valence-corrected chi connectivity index (χ4v) is 2.88. The minimum absolute atomic E-state index is 0.0939. The van der Waals surface area contributed by atoms with Crippen LogP contribution in [0.4, 0.5) is 4.39 Å². The quantitative estimate of drug-likeness (QED) is 0.762. The molecule has 0 saturated carbocycles. The molecule has 2 amide bonds. The van der Waals surface area contributed by atoms with Gasteiger partial charge in [-0.1, -0.05) is 25.1 Å². The zero-order valence-electron chi connectivity index (χ0n) is 14.9. The molecule has 6 nitrogen and oxygen atoms in total. The van der Waals surface area contributed by atoms with Gasteiger partial charge in [0, 0.05) is 18.0 Å². The van der Waals surface area contributed by atoms with E-state index in [9.17, 15) is 18.8 Å². The molecule has 2 rings (SSSR count). The lowest BCUT2D eigenvalue weighted by Crippen LogP contribution is -2.43. The number of nitrogens with two attached hydrogens (primary N) is 1. The van der Waals surface area contributed by atoms with E-state index in [1.165, 1.54) is 12.5 Å². The largest absolute Gasteiger partial charge is 0.369 e. The second kappa shape index (κ2) is 9.43. The molecule has 1 saturated heterocycles. The van der Waals surface area contributed by atoms with Gasteiger partial charge in [-0.25, -0.2) is 4.39 Å². The van der Waals surface area contributed by atoms with Crippen molar-refractivity contribution in [2.75, 3.05) is 13.1 Å². The lowest BCUT2D eigenvalue weighted by molar-refractivity contribution is -0.126. The van der Waals surface area contributed by atoms with Crippen molar-refractivity contribution in [3.05, 3.63) is 42.1 Å². The molecule has 7 heteroatoms. The number of benzene rings is 1. The van der Waals surface area contributed by atoms with Crippen molar-refractivity contribution in [1.82, 2.24) is 10.2 Å². The summed E-state index contributed by atoms with van der Waals surface area (Å²) in [7, 11) is 0. The molecule has 0 aliphatic carbocycles. The molecule has 1 aliphatic rings.